The third-order valence-electron chi connectivity index (χ3n) is 3.39. The highest BCUT2D eigenvalue weighted by atomic mass is 79.9. The summed E-state index contributed by atoms with van der Waals surface area (Å²) < 4.78 is 20.2. The average Bonchev–Trinajstić information content (AvgIpc) is 2.46. The van der Waals surface area contributed by atoms with Gasteiger partial charge < -0.3 is 10.1 Å². The zero-order valence-corrected chi connectivity index (χ0v) is 14.0. The van der Waals surface area contributed by atoms with Gasteiger partial charge in [-0.3, -0.25) is 0 Å². The van der Waals surface area contributed by atoms with Crippen molar-refractivity contribution in [2.45, 2.75) is 19.9 Å². The van der Waals surface area contributed by atoms with Crippen LogP contribution < -0.4 is 10.1 Å². The number of hydrogen-bond acceptors (Lipinski definition) is 2. The van der Waals surface area contributed by atoms with E-state index < -0.39 is 0 Å². The minimum atomic E-state index is -0.187. The molecule has 1 atom stereocenters. The molecule has 21 heavy (non-hydrogen) atoms. The lowest BCUT2D eigenvalue weighted by atomic mass is 9.96. The summed E-state index contributed by atoms with van der Waals surface area (Å²) >= 11 is 3.50. The van der Waals surface area contributed by atoms with E-state index in [9.17, 15) is 4.39 Å². The molecule has 0 saturated carbocycles. The van der Waals surface area contributed by atoms with Crippen molar-refractivity contribution < 1.29 is 9.13 Å². The van der Waals surface area contributed by atoms with Crippen LogP contribution in [0.5, 0.6) is 5.75 Å². The van der Waals surface area contributed by atoms with Crippen molar-refractivity contribution in [1.82, 2.24) is 5.32 Å². The van der Waals surface area contributed by atoms with Crippen LogP contribution in [-0.2, 0) is 0 Å². The molecular formula is C17H19BrFNO. The van der Waals surface area contributed by atoms with Crippen LogP contribution in [0, 0.1) is 12.7 Å². The monoisotopic (exact) mass is 351 g/mol. The van der Waals surface area contributed by atoms with E-state index in [0.29, 0.717) is 12.2 Å². The Bertz CT molecular complexity index is 630. The first-order valence-electron chi connectivity index (χ1n) is 6.92. The van der Waals surface area contributed by atoms with Crippen molar-refractivity contribution in [3.63, 3.8) is 0 Å². The van der Waals surface area contributed by atoms with Gasteiger partial charge in [0.15, 0.2) is 0 Å². The van der Waals surface area contributed by atoms with Gasteiger partial charge in [0.05, 0.1) is 12.6 Å². The van der Waals surface area contributed by atoms with E-state index in [-0.39, 0.29) is 11.9 Å². The molecular weight excluding hydrogens is 333 g/mol. The number of hydrogen-bond donors (Lipinski definition) is 1. The molecule has 0 amide bonds. The quantitative estimate of drug-likeness (QED) is 0.849. The Hall–Kier alpha value is -1.39. The lowest BCUT2D eigenvalue weighted by Gasteiger charge is -2.21. The van der Waals surface area contributed by atoms with Gasteiger partial charge in [-0.1, -0.05) is 28.1 Å². The van der Waals surface area contributed by atoms with Crippen molar-refractivity contribution >= 4 is 15.9 Å². The summed E-state index contributed by atoms with van der Waals surface area (Å²) in [5, 5.41) is 3.28. The lowest BCUT2D eigenvalue weighted by Crippen LogP contribution is -2.19. The second-order valence-corrected chi connectivity index (χ2v) is 5.76. The van der Waals surface area contributed by atoms with Crippen LogP contribution >= 0.6 is 15.9 Å². The van der Waals surface area contributed by atoms with Crippen molar-refractivity contribution in [3.8, 4) is 5.75 Å². The Labute approximate surface area is 133 Å². The minimum absolute atomic E-state index is 0.0525. The molecule has 0 aliphatic rings. The number of benzene rings is 2. The number of rotatable bonds is 5. The van der Waals surface area contributed by atoms with Crippen LogP contribution in [-0.4, -0.2) is 13.7 Å². The number of ether oxygens (including phenoxy) is 1. The third-order valence-corrected chi connectivity index (χ3v) is 3.88. The Morgan fingerprint density at radius 2 is 2.00 bits per heavy atom. The molecule has 2 aromatic carbocycles. The minimum Gasteiger partial charge on any atom is -0.494 e. The highest BCUT2D eigenvalue weighted by Gasteiger charge is 2.18. The average molecular weight is 352 g/mol. The standard InChI is InChI=1S/C17H19BrFNO/c1-4-21-16-8-6-13(18)10-14(16)17(20-3)12-5-7-15(19)11(2)9-12/h5-10,17,20H,4H2,1-3H3. The third kappa shape index (κ3) is 3.63. The molecule has 2 aromatic rings. The van der Waals surface area contributed by atoms with Crippen LogP contribution in [0.4, 0.5) is 4.39 Å². The van der Waals surface area contributed by atoms with Crippen molar-refractivity contribution in [2.24, 2.45) is 0 Å². The van der Waals surface area contributed by atoms with Crippen LogP contribution in [0.25, 0.3) is 0 Å². The van der Waals surface area contributed by atoms with Gasteiger partial charge in [0.1, 0.15) is 11.6 Å². The lowest BCUT2D eigenvalue weighted by molar-refractivity contribution is 0.334. The summed E-state index contributed by atoms with van der Waals surface area (Å²) in [7, 11) is 1.89. The Morgan fingerprint density at radius 3 is 2.62 bits per heavy atom. The van der Waals surface area contributed by atoms with Gasteiger partial charge in [-0.15, -0.1) is 0 Å². The number of halogens is 2. The molecule has 0 aliphatic heterocycles. The molecule has 0 bridgehead atoms. The predicted molar refractivity (Wildman–Crippen MR) is 87.4 cm³/mol. The van der Waals surface area contributed by atoms with Crippen LogP contribution in [0.1, 0.15) is 29.7 Å². The maximum atomic E-state index is 13.5. The van der Waals surface area contributed by atoms with Gasteiger partial charge in [-0.05, 0) is 56.3 Å². The molecule has 4 heteroatoms. The molecule has 0 aliphatic carbocycles. The number of aryl methyl sites for hydroxylation is 1. The molecule has 0 aromatic heterocycles. The predicted octanol–water partition coefficient (Wildman–Crippen LogP) is 4.60. The molecule has 112 valence electrons. The molecule has 2 rings (SSSR count). The van der Waals surface area contributed by atoms with E-state index in [4.69, 9.17) is 4.74 Å². The van der Waals surface area contributed by atoms with E-state index in [1.54, 1.807) is 13.0 Å². The normalized spacial score (nSPS) is 12.2. The first-order chi connectivity index (χ1) is 10.1. The van der Waals surface area contributed by atoms with Crippen LogP contribution in [0.3, 0.4) is 0 Å². The molecule has 0 radical (unpaired) electrons. The molecule has 0 spiro atoms. The SMILES string of the molecule is CCOc1ccc(Br)cc1C(NC)c1ccc(F)c(C)c1. The summed E-state index contributed by atoms with van der Waals surface area (Å²) in [6.45, 7) is 4.34. The highest BCUT2D eigenvalue weighted by Crippen LogP contribution is 2.33. The number of nitrogens with one attached hydrogen (secondary N) is 1. The fourth-order valence-electron chi connectivity index (χ4n) is 2.38. The van der Waals surface area contributed by atoms with Crippen molar-refractivity contribution in [1.29, 1.82) is 0 Å². The highest BCUT2D eigenvalue weighted by molar-refractivity contribution is 9.10. The maximum absolute atomic E-state index is 13.5. The maximum Gasteiger partial charge on any atom is 0.126 e. The van der Waals surface area contributed by atoms with E-state index in [1.807, 2.05) is 38.2 Å². The molecule has 0 heterocycles. The van der Waals surface area contributed by atoms with Gasteiger partial charge in [-0.25, -0.2) is 4.39 Å². The van der Waals surface area contributed by atoms with Gasteiger partial charge >= 0.3 is 0 Å². The fourth-order valence-corrected chi connectivity index (χ4v) is 2.76. The largest absolute Gasteiger partial charge is 0.494 e. The Balaban J connectivity index is 2.49. The molecule has 2 nitrogen and oxygen atoms in total. The Morgan fingerprint density at radius 1 is 1.24 bits per heavy atom. The van der Waals surface area contributed by atoms with Crippen molar-refractivity contribution in [3.05, 3.63) is 63.4 Å². The molecule has 0 fully saturated rings. The molecule has 0 saturated heterocycles. The summed E-state index contributed by atoms with van der Waals surface area (Å²) in [5.74, 6) is 0.648. The summed E-state index contributed by atoms with van der Waals surface area (Å²) in [6, 6.07) is 11.1. The van der Waals surface area contributed by atoms with Crippen LogP contribution in [0.15, 0.2) is 40.9 Å². The molecule has 1 unspecified atom stereocenters. The summed E-state index contributed by atoms with van der Waals surface area (Å²) in [6.07, 6.45) is 0. The van der Waals surface area contributed by atoms with E-state index in [2.05, 4.69) is 21.2 Å². The van der Waals surface area contributed by atoms with Crippen LogP contribution in [0.2, 0.25) is 0 Å². The zero-order valence-electron chi connectivity index (χ0n) is 12.4. The molecule has 1 N–H and O–H groups in total. The second kappa shape index (κ2) is 7.05. The summed E-state index contributed by atoms with van der Waals surface area (Å²) in [4.78, 5) is 0. The summed E-state index contributed by atoms with van der Waals surface area (Å²) in [5.41, 5.74) is 2.68. The van der Waals surface area contributed by atoms with Gasteiger partial charge in [0, 0.05) is 10.0 Å². The van der Waals surface area contributed by atoms with E-state index in [1.165, 1.54) is 6.07 Å². The van der Waals surface area contributed by atoms with Gasteiger partial charge in [0.25, 0.3) is 0 Å². The fraction of sp³-hybridized carbons (Fsp3) is 0.294. The Kier molecular flexibility index (Phi) is 5.37. The first kappa shape index (κ1) is 16.0. The second-order valence-electron chi connectivity index (χ2n) is 4.85. The van der Waals surface area contributed by atoms with E-state index >= 15 is 0 Å². The first-order valence-corrected chi connectivity index (χ1v) is 7.71. The van der Waals surface area contributed by atoms with Gasteiger partial charge in [0.2, 0.25) is 0 Å². The smallest absolute Gasteiger partial charge is 0.126 e. The zero-order chi connectivity index (χ0) is 15.4. The van der Waals surface area contributed by atoms with Crippen molar-refractivity contribution in [2.75, 3.05) is 13.7 Å². The van der Waals surface area contributed by atoms with E-state index in [0.717, 1.165) is 21.3 Å². The topological polar surface area (TPSA) is 21.3 Å². The van der Waals surface area contributed by atoms with Gasteiger partial charge in [-0.2, -0.15) is 0 Å².